The number of amides is 1. The number of nitrogens with zero attached hydrogens (tertiary/aromatic N) is 2. The Hall–Kier alpha value is -1.83. The number of carbonyl (C=O) groups excluding carboxylic acids is 1. The van der Waals surface area contributed by atoms with Crippen molar-refractivity contribution >= 4 is 50.8 Å². The van der Waals surface area contributed by atoms with Gasteiger partial charge in [-0.15, -0.1) is 11.3 Å². The predicted octanol–water partition coefficient (Wildman–Crippen LogP) is 4.46. The third-order valence-electron chi connectivity index (χ3n) is 5.22. The molecule has 0 spiro atoms. The minimum absolute atomic E-state index is 0.0481. The molecule has 0 atom stereocenters. The van der Waals surface area contributed by atoms with Gasteiger partial charge in [-0.2, -0.15) is 0 Å². The van der Waals surface area contributed by atoms with Crippen molar-refractivity contribution in [1.82, 2.24) is 14.9 Å². The van der Waals surface area contributed by atoms with E-state index in [1.165, 1.54) is 22.2 Å². The molecule has 5 nitrogen and oxygen atoms in total. The average molecular weight is 462 g/mol. The number of hydrogen-bond donors (Lipinski definition) is 1. The monoisotopic (exact) mass is 461 g/mol. The summed E-state index contributed by atoms with van der Waals surface area (Å²) in [4.78, 5) is 32.4. The number of nitrogens with one attached hydrogen (secondary N) is 1. The highest BCUT2D eigenvalue weighted by Gasteiger charge is 2.23. The lowest BCUT2D eigenvalue weighted by Gasteiger charge is -2.11. The van der Waals surface area contributed by atoms with Crippen LogP contribution in [0.1, 0.15) is 35.8 Å². The van der Waals surface area contributed by atoms with Gasteiger partial charge >= 0.3 is 0 Å². The van der Waals surface area contributed by atoms with Gasteiger partial charge in [-0.3, -0.25) is 14.2 Å². The van der Waals surface area contributed by atoms with E-state index in [0.717, 1.165) is 47.9 Å². The van der Waals surface area contributed by atoms with E-state index in [1.54, 1.807) is 15.9 Å². The highest BCUT2D eigenvalue weighted by atomic mass is 35.5. The van der Waals surface area contributed by atoms with E-state index in [1.807, 2.05) is 31.2 Å². The standard InChI is InChI=1S/C22H24ClN3O2S2/c1-2-12-26-21(28)19-16-4-3-5-17(16)30-20(19)25-22(26)29-13-18(27)24-11-10-14-6-8-15(23)9-7-14/h6-9H,2-5,10-13H2,1H3,(H,24,27). The Bertz CT molecular complexity index is 1120. The molecule has 0 fully saturated rings. The van der Waals surface area contributed by atoms with E-state index in [4.69, 9.17) is 16.6 Å². The van der Waals surface area contributed by atoms with E-state index >= 15 is 0 Å². The first kappa shape index (κ1) is 21.4. The van der Waals surface area contributed by atoms with Crippen LogP contribution in [0.3, 0.4) is 0 Å². The molecule has 0 unspecified atom stereocenters. The number of thioether (sulfide) groups is 1. The minimum Gasteiger partial charge on any atom is -0.355 e. The minimum atomic E-state index is -0.0555. The Morgan fingerprint density at radius 3 is 2.87 bits per heavy atom. The smallest absolute Gasteiger partial charge is 0.263 e. The topological polar surface area (TPSA) is 64.0 Å². The molecule has 8 heteroatoms. The number of aryl methyl sites for hydroxylation is 2. The molecule has 0 bridgehead atoms. The summed E-state index contributed by atoms with van der Waals surface area (Å²) in [6.07, 6.45) is 4.74. The highest BCUT2D eigenvalue weighted by molar-refractivity contribution is 7.99. The molecule has 1 aliphatic carbocycles. The number of halogens is 1. The number of aromatic nitrogens is 2. The van der Waals surface area contributed by atoms with E-state index in [0.29, 0.717) is 23.3 Å². The van der Waals surface area contributed by atoms with E-state index < -0.39 is 0 Å². The van der Waals surface area contributed by atoms with Gasteiger partial charge in [0.15, 0.2) is 5.16 Å². The number of benzene rings is 1. The maximum absolute atomic E-state index is 13.2. The molecule has 0 radical (unpaired) electrons. The van der Waals surface area contributed by atoms with Crippen molar-refractivity contribution in [2.75, 3.05) is 12.3 Å². The molecular weight excluding hydrogens is 438 g/mol. The second kappa shape index (κ2) is 9.54. The van der Waals surface area contributed by atoms with E-state index in [-0.39, 0.29) is 17.2 Å². The van der Waals surface area contributed by atoms with Crippen LogP contribution in [0.2, 0.25) is 5.02 Å². The Kier molecular flexibility index (Phi) is 6.80. The van der Waals surface area contributed by atoms with Crippen molar-refractivity contribution in [3.05, 3.63) is 55.6 Å². The van der Waals surface area contributed by atoms with Gasteiger partial charge in [0.2, 0.25) is 5.91 Å². The third-order valence-corrected chi connectivity index (χ3v) is 7.63. The van der Waals surface area contributed by atoms with Crippen molar-refractivity contribution in [2.24, 2.45) is 0 Å². The van der Waals surface area contributed by atoms with Gasteiger partial charge in [0.05, 0.1) is 11.1 Å². The fraction of sp³-hybridized carbons (Fsp3) is 0.409. The SMILES string of the molecule is CCCn1c(SCC(=O)NCCc2ccc(Cl)cc2)nc2sc3c(c2c1=O)CCC3. The van der Waals surface area contributed by atoms with E-state index in [9.17, 15) is 9.59 Å². The number of rotatable bonds is 8. The lowest BCUT2D eigenvalue weighted by molar-refractivity contribution is -0.118. The zero-order valence-corrected chi connectivity index (χ0v) is 19.3. The lowest BCUT2D eigenvalue weighted by Crippen LogP contribution is -2.28. The highest BCUT2D eigenvalue weighted by Crippen LogP contribution is 2.35. The van der Waals surface area contributed by atoms with Gasteiger partial charge in [-0.05, 0) is 55.4 Å². The van der Waals surface area contributed by atoms with Crippen molar-refractivity contribution in [2.45, 2.75) is 50.7 Å². The van der Waals surface area contributed by atoms with E-state index in [2.05, 4.69) is 5.32 Å². The normalized spacial score (nSPS) is 13.0. The van der Waals surface area contributed by atoms with Crippen LogP contribution in [-0.4, -0.2) is 27.8 Å². The maximum atomic E-state index is 13.2. The second-order valence-corrected chi connectivity index (χ2v) is 9.87. The Labute approximate surface area is 188 Å². The van der Waals surface area contributed by atoms with Crippen molar-refractivity contribution in [3.8, 4) is 0 Å². The summed E-state index contributed by atoms with van der Waals surface area (Å²) in [7, 11) is 0. The Balaban J connectivity index is 1.42. The molecule has 1 aliphatic rings. The van der Waals surface area contributed by atoms with Gasteiger partial charge < -0.3 is 5.32 Å². The Morgan fingerprint density at radius 2 is 2.10 bits per heavy atom. The van der Waals surface area contributed by atoms with Crippen LogP contribution < -0.4 is 10.9 Å². The van der Waals surface area contributed by atoms with Crippen LogP contribution in [0.5, 0.6) is 0 Å². The number of thiophene rings is 1. The lowest BCUT2D eigenvalue weighted by atomic mass is 10.1. The van der Waals surface area contributed by atoms with Gasteiger partial charge in [-0.25, -0.2) is 4.98 Å². The van der Waals surface area contributed by atoms with Crippen LogP contribution in [0.25, 0.3) is 10.2 Å². The van der Waals surface area contributed by atoms with Crippen molar-refractivity contribution in [1.29, 1.82) is 0 Å². The summed E-state index contributed by atoms with van der Waals surface area (Å²) in [5.41, 5.74) is 2.38. The first-order valence-corrected chi connectivity index (χ1v) is 12.4. The molecule has 0 aliphatic heterocycles. The predicted molar refractivity (Wildman–Crippen MR) is 125 cm³/mol. The molecule has 1 aromatic carbocycles. The molecule has 0 saturated carbocycles. The largest absolute Gasteiger partial charge is 0.355 e. The summed E-state index contributed by atoms with van der Waals surface area (Å²) in [6.45, 7) is 3.23. The molecule has 4 rings (SSSR count). The van der Waals surface area contributed by atoms with Crippen molar-refractivity contribution < 1.29 is 4.79 Å². The van der Waals surface area contributed by atoms with Gasteiger partial charge in [0, 0.05) is 23.0 Å². The molecule has 3 aromatic rings. The summed E-state index contributed by atoms with van der Waals surface area (Å²) in [5, 5.41) is 5.10. The maximum Gasteiger partial charge on any atom is 0.263 e. The van der Waals surface area contributed by atoms with Crippen LogP contribution in [0.4, 0.5) is 0 Å². The summed E-state index contributed by atoms with van der Waals surface area (Å²) in [6, 6.07) is 7.63. The second-order valence-electron chi connectivity index (χ2n) is 7.40. The molecule has 30 heavy (non-hydrogen) atoms. The van der Waals surface area contributed by atoms with Crippen LogP contribution in [0.15, 0.2) is 34.2 Å². The summed E-state index contributed by atoms with van der Waals surface area (Å²) >= 11 is 8.88. The number of fused-ring (bicyclic) bond motifs is 3. The van der Waals surface area contributed by atoms with Crippen LogP contribution >= 0.6 is 34.7 Å². The third kappa shape index (κ3) is 4.58. The molecular formula is C22H24ClN3O2S2. The molecule has 2 aromatic heterocycles. The van der Waals surface area contributed by atoms with Gasteiger partial charge in [-0.1, -0.05) is 42.4 Å². The fourth-order valence-corrected chi connectivity index (χ4v) is 6.05. The first-order valence-electron chi connectivity index (χ1n) is 10.3. The van der Waals surface area contributed by atoms with Crippen molar-refractivity contribution in [3.63, 3.8) is 0 Å². The molecule has 0 saturated heterocycles. The van der Waals surface area contributed by atoms with Gasteiger partial charge in [0.25, 0.3) is 5.56 Å². The first-order chi connectivity index (χ1) is 14.6. The number of carbonyl (C=O) groups is 1. The average Bonchev–Trinajstić information content (AvgIpc) is 3.31. The van der Waals surface area contributed by atoms with Crippen LogP contribution in [0, 0.1) is 0 Å². The summed E-state index contributed by atoms with van der Waals surface area (Å²) < 4.78 is 1.75. The quantitative estimate of drug-likeness (QED) is 0.397. The Morgan fingerprint density at radius 1 is 1.30 bits per heavy atom. The molecule has 1 amide bonds. The summed E-state index contributed by atoms with van der Waals surface area (Å²) in [5.74, 6) is 0.188. The van der Waals surface area contributed by atoms with Crippen LogP contribution in [-0.2, 0) is 30.6 Å². The zero-order chi connectivity index (χ0) is 21.1. The van der Waals surface area contributed by atoms with Gasteiger partial charge in [0.1, 0.15) is 4.83 Å². The fourth-order valence-electron chi connectivity index (χ4n) is 3.77. The molecule has 1 N–H and O–H groups in total. The number of hydrogen-bond acceptors (Lipinski definition) is 5. The zero-order valence-electron chi connectivity index (χ0n) is 16.9. The molecule has 2 heterocycles. The molecule has 158 valence electrons.